The summed E-state index contributed by atoms with van der Waals surface area (Å²) in [5, 5.41) is 7.11. The second-order valence-corrected chi connectivity index (χ2v) is 6.55. The molecule has 1 heterocycles. The van der Waals surface area contributed by atoms with E-state index in [1.54, 1.807) is 7.11 Å². The molecule has 1 aliphatic rings. The van der Waals surface area contributed by atoms with Gasteiger partial charge in [-0.25, -0.2) is 0 Å². The summed E-state index contributed by atoms with van der Waals surface area (Å²) in [6.45, 7) is 0.657. The molecule has 0 fully saturated rings. The first-order valence-corrected chi connectivity index (χ1v) is 8.98. The number of benzene rings is 1. The van der Waals surface area contributed by atoms with Crippen molar-refractivity contribution in [1.29, 1.82) is 0 Å². The first-order chi connectivity index (χ1) is 11.8. The number of ether oxygens (including phenoxy) is 1. The second kappa shape index (κ2) is 8.06. The Morgan fingerprint density at radius 2 is 2.12 bits per heavy atom. The lowest BCUT2D eigenvalue weighted by atomic mass is 9.97. The maximum absolute atomic E-state index is 12.4. The second-order valence-electron chi connectivity index (χ2n) is 5.79. The molecule has 0 bridgehead atoms. The maximum Gasteiger partial charge on any atom is 0.265 e. The Labute approximate surface area is 145 Å². The van der Waals surface area contributed by atoms with Gasteiger partial charge in [0.05, 0.1) is 7.11 Å². The van der Waals surface area contributed by atoms with E-state index in [2.05, 4.69) is 21.0 Å². The summed E-state index contributed by atoms with van der Waals surface area (Å²) in [6.07, 6.45) is 8.12. The van der Waals surface area contributed by atoms with Crippen LogP contribution in [0, 0.1) is 0 Å². The van der Waals surface area contributed by atoms with Gasteiger partial charge >= 0.3 is 0 Å². The molecular formula is C18H21N3O2S. The highest BCUT2D eigenvalue weighted by atomic mass is 32.1. The van der Waals surface area contributed by atoms with Gasteiger partial charge in [-0.15, -0.1) is 5.10 Å². The lowest BCUT2D eigenvalue weighted by Gasteiger charge is -2.12. The Balaban J connectivity index is 1.63. The van der Waals surface area contributed by atoms with Gasteiger partial charge in [-0.3, -0.25) is 4.79 Å². The Hall–Kier alpha value is -2.21. The van der Waals surface area contributed by atoms with Crippen LogP contribution in [0.2, 0.25) is 0 Å². The maximum atomic E-state index is 12.4. The van der Waals surface area contributed by atoms with Gasteiger partial charge in [0.2, 0.25) is 0 Å². The highest BCUT2D eigenvalue weighted by molar-refractivity contribution is 7.08. The van der Waals surface area contributed by atoms with Crippen LogP contribution in [0.15, 0.2) is 35.9 Å². The number of methoxy groups -OCH3 is 1. The summed E-state index contributed by atoms with van der Waals surface area (Å²) in [5.74, 6) is 0.668. The number of allylic oxidation sites excluding steroid dienone is 1. The molecule has 126 valence electrons. The zero-order chi connectivity index (χ0) is 16.8. The van der Waals surface area contributed by atoms with E-state index < -0.39 is 0 Å². The molecule has 3 rings (SSSR count). The summed E-state index contributed by atoms with van der Waals surface area (Å²) in [5.41, 5.74) is 2.95. The van der Waals surface area contributed by atoms with E-state index in [4.69, 9.17) is 4.74 Å². The summed E-state index contributed by atoms with van der Waals surface area (Å²) in [6, 6.07) is 7.48. The van der Waals surface area contributed by atoms with Gasteiger partial charge in [0.15, 0.2) is 0 Å². The third-order valence-electron chi connectivity index (χ3n) is 4.17. The number of amides is 1. The van der Waals surface area contributed by atoms with E-state index in [9.17, 15) is 4.79 Å². The number of hydrogen-bond donors (Lipinski definition) is 1. The zero-order valence-corrected chi connectivity index (χ0v) is 14.6. The van der Waals surface area contributed by atoms with Gasteiger partial charge in [0, 0.05) is 12.1 Å². The van der Waals surface area contributed by atoms with Crippen LogP contribution in [0.3, 0.4) is 0 Å². The van der Waals surface area contributed by atoms with Crippen molar-refractivity contribution in [1.82, 2.24) is 14.9 Å². The number of carbonyl (C=O) groups is 1. The van der Waals surface area contributed by atoms with E-state index in [0.29, 0.717) is 17.1 Å². The van der Waals surface area contributed by atoms with Crippen molar-refractivity contribution in [3.8, 4) is 17.0 Å². The minimum absolute atomic E-state index is 0.104. The lowest BCUT2D eigenvalue weighted by molar-refractivity contribution is 0.0958. The molecule has 1 aliphatic carbocycles. The van der Waals surface area contributed by atoms with Crippen molar-refractivity contribution < 1.29 is 9.53 Å². The van der Waals surface area contributed by atoms with Crippen molar-refractivity contribution in [2.75, 3.05) is 13.7 Å². The molecule has 5 nitrogen and oxygen atoms in total. The Kier molecular flexibility index (Phi) is 5.59. The standard InChI is InChI=1S/C18H21N3O2S/c1-23-15-9-7-14(8-10-15)16-17(24-21-20-16)18(22)19-12-11-13-5-3-2-4-6-13/h5,7-10H,2-4,6,11-12H2,1H3,(H,19,22). The lowest BCUT2D eigenvalue weighted by Crippen LogP contribution is -2.24. The van der Waals surface area contributed by atoms with Gasteiger partial charge < -0.3 is 10.1 Å². The average molecular weight is 343 g/mol. The number of rotatable bonds is 6. The molecule has 0 atom stereocenters. The van der Waals surface area contributed by atoms with Crippen LogP contribution in [-0.4, -0.2) is 29.1 Å². The molecule has 6 heteroatoms. The molecule has 0 radical (unpaired) electrons. The monoisotopic (exact) mass is 343 g/mol. The minimum Gasteiger partial charge on any atom is -0.497 e. The molecule has 1 aromatic carbocycles. The van der Waals surface area contributed by atoms with Crippen LogP contribution < -0.4 is 10.1 Å². The highest BCUT2D eigenvalue weighted by Gasteiger charge is 2.17. The number of hydrogen-bond acceptors (Lipinski definition) is 5. The Morgan fingerprint density at radius 1 is 1.29 bits per heavy atom. The molecule has 1 aromatic heterocycles. The van der Waals surface area contributed by atoms with E-state index in [1.165, 1.54) is 24.8 Å². The quantitative estimate of drug-likeness (QED) is 0.810. The highest BCUT2D eigenvalue weighted by Crippen LogP contribution is 2.26. The van der Waals surface area contributed by atoms with E-state index in [0.717, 1.165) is 35.7 Å². The number of nitrogens with one attached hydrogen (secondary N) is 1. The SMILES string of the molecule is COc1ccc(-c2nnsc2C(=O)NCCC2=CCCCC2)cc1. The van der Waals surface area contributed by atoms with E-state index in [-0.39, 0.29) is 5.91 Å². The van der Waals surface area contributed by atoms with Gasteiger partial charge in [0.1, 0.15) is 16.3 Å². The largest absolute Gasteiger partial charge is 0.497 e. The van der Waals surface area contributed by atoms with Crippen LogP contribution in [-0.2, 0) is 0 Å². The molecule has 2 aromatic rings. The first-order valence-electron chi connectivity index (χ1n) is 8.21. The minimum atomic E-state index is -0.104. The molecule has 0 spiro atoms. The van der Waals surface area contributed by atoms with Crippen molar-refractivity contribution in [2.24, 2.45) is 0 Å². The fraction of sp³-hybridized carbons (Fsp3) is 0.389. The van der Waals surface area contributed by atoms with Crippen LogP contribution in [0.5, 0.6) is 5.75 Å². The average Bonchev–Trinajstić information content (AvgIpc) is 3.12. The summed E-state index contributed by atoms with van der Waals surface area (Å²) < 4.78 is 9.11. The van der Waals surface area contributed by atoms with Gasteiger partial charge in [-0.1, -0.05) is 16.1 Å². The molecule has 24 heavy (non-hydrogen) atoms. The van der Waals surface area contributed by atoms with Crippen molar-refractivity contribution in [2.45, 2.75) is 32.1 Å². The normalized spacial score (nSPS) is 14.1. The van der Waals surface area contributed by atoms with E-state index in [1.807, 2.05) is 24.3 Å². The fourth-order valence-corrected chi connectivity index (χ4v) is 3.43. The molecule has 0 unspecified atom stereocenters. The summed E-state index contributed by atoms with van der Waals surface area (Å²) >= 11 is 1.13. The van der Waals surface area contributed by atoms with Crippen molar-refractivity contribution in [3.63, 3.8) is 0 Å². The van der Waals surface area contributed by atoms with Gasteiger partial charge in [-0.05, 0) is 67.9 Å². The van der Waals surface area contributed by atoms with Crippen LogP contribution in [0.4, 0.5) is 0 Å². The third-order valence-corrected chi connectivity index (χ3v) is 4.90. The molecular weight excluding hydrogens is 322 g/mol. The molecule has 1 amide bonds. The number of aromatic nitrogens is 2. The summed E-state index contributed by atoms with van der Waals surface area (Å²) in [7, 11) is 1.63. The van der Waals surface area contributed by atoms with Crippen LogP contribution >= 0.6 is 11.5 Å². The van der Waals surface area contributed by atoms with Gasteiger partial charge in [-0.2, -0.15) is 0 Å². The number of nitrogens with zero attached hydrogens (tertiary/aromatic N) is 2. The first kappa shape index (κ1) is 16.6. The predicted molar refractivity (Wildman–Crippen MR) is 95.4 cm³/mol. The predicted octanol–water partition coefficient (Wildman–Crippen LogP) is 3.83. The van der Waals surface area contributed by atoms with Crippen LogP contribution in [0.1, 0.15) is 41.8 Å². The number of carbonyl (C=O) groups excluding carboxylic acids is 1. The van der Waals surface area contributed by atoms with Crippen molar-refractivity contribution in [3.05, 3.63) is 40.8 Å². The molecule has 1 N–H and O–H groups in total. The zero-order valence-electron chi connectivity index (χ0n) is 13.7. The molecule has 0 saturated heterocycles. The van der Waals surface area contributed by atoms with Crippen molar-refractivity contribution >= 4 is 17.4 Å². The van der Waals surface area contributed by atoms with Gasteiger partial charge in [0.25, 0.3) is 5.91 Å². The summed E-state index contributed by atoms with van der Waals surface area (Å²) in [4.78, 5) is 13.0. The smallest absolute Gasteiger partial charge is 0.265 e. The fourth-order valence-electron chi connectivity index (χ4n) is 2.83. The van der Waals surface area contributed by atoms with E-state index >= 15 is 0 Å². The third kappa shape index (κ3) is 4.00. The Morgan fingerprint density at radius 3 is 2.83 bits per heavy atom. The van der Waals surface area contributed by atoms with Crippen LogP contribution in [0.25, 0.3) is 11.3 Å². The Bertz CT molecular complexity index is 722. The topological polar surface area (TPSA) is 64.1 Å². The molecule has 0 saturated carbocycles. The molecule has 0 aliphatic heterocycles.